The second-order valence-corrected chi connectivity index (χ2v) is 6.86. The average molecular weight is 270 g/mol. The molecule has 100 valence electrons. The molecule has 0 aromatic heterocycles. The highest BCUT2D eigenvalue weighted by atomic mass is 32.2. The fourth-order valence-corrected chi connectivity index (χ4v) is 4.18. The van der Waals surface area contributed by atoms with Crippen LogP contribution in [0.15, 0.2) is 36.4 Å². The lowest BCUT2D eigenvalue weighted by atomic mass is 9.99. The van der Waals surface area contributed by atoms with Crippen molar-refractivity contribution in [2.45, 2.75) is 44.3 Å². The lowest BCUT2D eigenvalue weighted by molar-refractivity contribution is 0.796. The lowest BCUT2D eigenvalue weighted by Gasteiger charge is -2.10. The smallest absolute Gasteiger partial charge is 0.0297 e. The Kier molecular flexibility index (Phi) is 4.12. The Hall–Kier alpha value is -0.950. The molecule has 1 fully saturated rings. The first-order valence-corrected chi connectivity index (χ1v) is 8.56. The fourth-order valence-electron chi connectivity index (χ4n) is 2.89. The third kappa shape index (κ3) is 2.97. The van der Waals surface area contributed by atoms with Crippen LogP contribution in [0.4, 0.5) is 0 Å². The number of benzene rings is 2. The van der Waals surface area contributed by atoms with E-state index in [0.29, 0.717) is 0 Å². The molecule has 1 aliphatic heterocycles. The van der Waals surface area contributed by atoms with Crippen molar-refractivity contribution in [3.63, 3.8) is 0 Å². The Morgan fingerprint density at radius 3 is 2.74 bits per heavy atom. The zero-order chi connectivity index (χ0) is 13.1. The van der Waals surface area contributed by atoms with Crippen LogP contribution in [0.1, 0.15) is 49.0 Å². The quantitative estimate of drug-likeness (QED) is 0.681. The van der Waals surface area contributed by atoms with Gasteiger partial charge in [0.2, 0.25) is 0 Å². The minimum absolute atomic E-state index is 0.740. The summed E-state index contributed by atoms with van der Waals surface area (Å²) < 4.78 is 0. The van der Waals surface area contributed by atoms with Crippen LogP contribution >= 0.6 is 11.8 Å². The van der Waals surface area contributed by atoms with Gasteiger partial charge in [-0.05, 0) is 53.3 Å². The van der Waals surface area contributed by atoms with Gasteiger partial charge in [0, 0.05) is 5.25 Å². The van der Waals surface area contributed by atoms with Crippen LogP contribution in [0.25, 0.3) is 10.8 Å². The summed E-state index contributed by atoms with van der Waals surface area (Å²) in [4.78, 5) is 0. The summed E-state index contributed by atoms with van der Waals surface area (Å²) in [5.41, 5.74) is 3.01. The minimum Gasteiger partial charge on any atom is -0.154 e. The summed E-state index contributed by atoms with van der Waals surface area (Å²) >= 11 is 2.12. The Bertz CT molecular complexity index is 553. The lowest BCUT2D eigenvalue weighted by Crippen LogP contribution is -1.89. The molecule has 1 atom stereocenters. The van der Waals surface area contributed by atoms with E-state index in [9.17, 15) is 0 Å². The second kappa shape index (κ2) is 6.00. The van der Waals surface area contributed by atoms with Crippen LogP contribution in [0.2, 0.25) is 0 Å². The molecule has 1 unspecified atom stereocenters. The number of rotatable bonds is 4. The van der Waals surface area contributed by atoms with Gasteiger partial charge in [0.1, 0.15) is 0 Å². The Labute approximate surface area is 120 Å². The van der Waals surface area contributed by atoms with E-state index in [1.807, 2.05) is 0 Å². The Morgan fingerprint density at radius 1 is 1.11 bits per heavy atom. The first kappa shape index (κ1) is 13.1. The van der Waals surface area contributed by atoms with Crippen molar-refractivity contribution in [2.24, 2.45) is 0 Å². The van der Waals surface area contributed by atoms with Crippen LogP contribution in [0.3, 0.4) is 0 Å². The summed E-state index contributed by atoms with van der Waals surface area (Å²) in [6, 6.07) is 14.1. The fraction of sp³-hybridized carbons (Fsp3) is 0.444. The highest BCUT2D eigenvalue weighted by Crippen LogP contribution is 2.40. The molecule has 2 aromatic rings. The Balaban J connectivity index is 1.87. The van der Waals surface area contributed by atoms with Crippen LogP contribution in [0, 0.1) is 0 Å². The molecule has 0 radical (unpaired) electrons. The maximum absolute atomic E-state index is 2.40. The van der Waals surface area contributed by atoms with Gasteiger partial charge in [-0.15, -0.1) is 0 Å². The number of aryl methyl sites for hydroxylation is 1. The topological polar surface area (TPSA) is 0 Å². The molecule has 0 amide bonds. The molecule has 0 nitrogen and oxygen atoms in total. The third-order valence-electron chi connectivity index (χ3n) is 4.05. The number of hydrogen-bond acceptors (Lipinski definition) is 1. The van der Waals surface area contributed by atoms with Crippen molar-refractivity contribution in [3.05, 3.63) is 47.5 Å². The monoisotopic (exact) mass is 270 g/mol. The van der Waals surface area contributed by atoms with E-state index < -0.39 is 0 Å². The molecular formula is C18H22S. The van der Waals surface area contributed by atoms with Gasteiger partial charge >= 0.3 is 0 Å². The van der Waals surface area contributed by atoms with E-state index in [4.69, 9.17) is 0 Å². The van der Waals surface area contributed by atoms with Gasteiger partial charge in [-0.1, -0.05) is 49.7 Å². The molecule has 1 aliphatic rings. The van der Waals surface area contributed by atoms with Gasteiger partial charge in [-0.25, -0.2) is 0 Å². The van der Waals surface area contributed by atoms with Gasteiger partial charge in [-0.2, -0.15) is 11.8 Å². The molecule has 0 bridgehead atoms. The van der Waals surface area contributed by atoms with E-state index in [1.165, 1.54) is 59.8 Å². The standard InChI is InChI=1S/C18H22S/c1-2-3-5-14-7-8-16-13-17(10-9-15(16)12-14)18-6-4-11-19-18/h7-10,12-13,18H,2-6,11H2,1H3. The van der Waals surface area contributed by atoms with Crippen molar-refractivity contribution >= 4 is 22.5 Å². The molecule has 0 saturated carbocycles. The maximum Gasteiger partial charge on any atom is 0.0297 e. The van der Waals surface area contributed by atoms with Crippen molar-refractivity contribution in [2.75, 3.05) is 5.75 Å². The first-order chi connectivity index (χ1) is 9.36. The first-order valence-electron chi connectivity index (χ1n) is 7.51. The van der Waals surface area contributed by atoms with Gasteiger partial charge in [0.15, 0.2) is 0 Å². The zero-order valence-electron chi connectivity index (χ0n) is 11.7. The molecule has 19 heavy (non-hydrogen) atoms. The summed E-state index contributed by atoms with van der Waals surface area (Å²) in [6.07, 6.45) is 6.51. The van der Waals surface area contributed by atoms with E-state index in [1.54, 1.807) is 0 Å². The van der Waals surface area contributed by atoms with Crippen LogP contribution < -0.4 is 0 Å². The van der Waals surface area contributed by atoms with E-state index >= 15 is 0 Å². The van der Waals surface area contributed by atoms with Crippen molar-refractivity contribution in [1.29, 1.82) is 0 Å². The summed E-state index contributed by atoms with van der Waals surface area (Å²) in [5.74, 6) is 1.33. The Morgan fingerprint density at radius 2 is 1.95 bits per heavy atom. The third-order valence-corrected chi connectivity index (χ3v) is 5.48. The van der Waals surface area contributed by atoms with Gasteiger partial charge in [0.05, 0.1) is 0 Å². The summed E-state index contributed by atoms with van der Waals surface area (Å²) in [6.45, 7) is 2.26. The van der Waals surface area contributed by atoms with Crippen molar-refractivity contribution in [3.8, 4) is 0 Å². The average Bonchev–Trinajstić information content (AvgIpc) is 2.98. The predicted octanol–water partition coefficient (Wildman–Crippen LogP) is 5.75. The molecule has 0 N–H and O–H groups in total. The van der Waals surface area contributed by atoms with Gasteiger partial charge < -0.3 is 0 Å². The molecule has 3 rings (SSSR count). The zero-order valence-corrected chi connectivity index (χ0v) is 12.5. The van der Waals surface area contributed by atoms with Crippen molar-refractivity contribution < 1.29 is 0 Å². The second-order valence-electron chi connectivity index (χ2n) is 5.55. The molecule has 0 spiro atoms. The van der Waals surface area contributed by atoms with Gasteiger partial charge in [-0.3, -0.25) is 0 Å². The molecule has 0 aliphatic carbocycles. The number of hydrogen-bond donors (Lipinski definition) is 0. The highest BCUT2D eigenvalue weighted by Gasteiger charge is 2.17. The number of fused-ring (bicyclic) bond motifs is 1. The van der Waals surface area contributed by atoms with Crippen molar-refractivity contribution in [1.82, 2.24) is 0 Å². The molecular weight excluding hydrogens is 248 g/mol. The van der Waals surface area contributed by atoms with E-state index in [-0.39, 0.29) is 0 Å². The van der Waals surface area contributed by atoms with Gasteiger partial charge in [0.25, 0.3) is 0 Å². The molecule has 1 heterocycles. The minimum atomic E-state index is 0.740. The van der Waals surface area contributed by atoms with Crippen LogP contribution in [-0.4, -0.2) is 5.75 Å². The predicted molar refractivity (Wildman–Crippen MR) is 87.0 cm³/mol. The molecule has 1 heteroatoms. The summed E-state index contributed by atoms with van der Waals surface area (Å²) in [5, 5.41) is 3.55. The van der Waals surface area contributed by atoms with Crippen LogP contribution in [-0.2, 0) is 6.42 Å². The number of unbranched alkanes of at least 4 members (excludes halogenated alkanes) is 1. The largest absolute Gasteiger partial charge is 0.154 e. The summed E-state index contributed by atoms with van der Waals surface area (Å²) in [7, 11) is 0. The molecule has 2 aromatic carbocycles. The van der Waals surface area contributed by atoms with Crippen LogP contribution in [0.5, 0.6) is 0 Å². The SMILES string of the molecule is CCCCc1ccc2cc(C3CCCS3)ccc2c1. The normalized spacial score (nSPS) is 19.1. The molecule has 1 saturated heterocycles. The number of thioether (sulfide) groups is 1. The highest BCUT2D eigenvalue weighted by molar-refractivity contribution is 7.99. The maximum atomic E-state index is 2.40. The van der Waals surface area contributed by atoms with E-state index in [2.05, 4.69) is 55.1 Å². The van der Waals surface area contributed by atoms with E-state index in [0.717, 1.165) is 5.25 Å².